The zero-order valence-corrected chi connectivity index (χ0v) is 14.0. The van der Waals surface area contributed by atoms with Crippen LogP contribution in [0.5, 0.6) is 0 Å². The molecule has 1 saturated heterocycles. The summed E-state index contributed by atoms with van der Waals surface area (Å²) in [4.78, 5) is 30.1. The molecule has 8 nitrogen and oxygen atoms in total. The van der Waals surface area contributed by atoms with Crippen molar-refractivity contribution in [3.05, 3.63) is 27.4 Å². The van der Waals surface area contributed by atoms with Gasteiger partial charge in [0.15, 0.2) is 0 Å². The van der Waals surface area contributed by atoms with E-state index in [4.69, 9.17) is 16.3 Å². The molecule has 23 heavy (non-hydrogen) atoms. The lowest BCUT2D eigenvalue weighted by Crippen LogP contribution is -2.50. The maximum atomic E-state index is 12.0. The third-order valence-corrected chi connectivity index (χ3v) is 3.46. The quantitative estimate of drug-likeness (QED) is 0.466. The van der Waals surface area contributed by atoms with E-state index in [1.165, 1.54) is 12.1 Å². The molecule has 0 aromatic carbocycles. The lowest BCUT2D eigenvalue weighted by atomic mass is 10.2. The summed E-state index contributed by atoms with van der Waals surface area (Å²) in [6.45, 7) is 7.07. The summed E-state index contributed by atoms with van der Waals surface area (Å²) in [6, 6.07) is 2.73. The predicted molar refractivity (Wildman–Crippen MR) is 85.9 cm³/mol. The number of aromatic nitrogens is 1. The molecule has 1 fully saturated rings. The maximum Gasteiger partial charge on any atom is 0.410 e. The Hall–Kier alpha value is -2.09. The maximum absolute atomic E-state index is 12.0. The van der Waals surface area contributed by atoms with Crippen LogP contribution in [0.1, 0.15) is 20.8 Å². The van der Waals surface area contributed by atoms with Crippen LogP contribution in [0.25, 0.3) is 0 Å². The van der Waals surface area contributed by atoms with Gasteiger partial charge < -0.3 is 14.5 Å². The highest BCUT2D eigenvalue weighted by molar-refractivity contribution is 6.29. The molecule has 0 N–H and O–H groups in total. The molecule has 0 atom stereocenters. The zero-order chi connectivity index (χ0) is 17.2. The van der Waals surface area contributed by atoms with E-state index in [0.717, 1.165) is 0 Å². The summed E-state index contributed by atoms with van der Waals surface area (Å²) in [5.41, 5.74) is -0.651. The monoisotopic (exact) mass is 342 g/mol. The second-order valence-corrected chi connectivity index (χ2v) is 6.58. The number of nitro groups is 1. The van der Waals surface area contributed by atoms with E-state index in [1.807, 2.05) is 0 Å². The topological polar surface area (TPSA) is 88.8 Å². The van der Waals surface area contributed by atoms with E-state index in [1.54, 1.807) is 30.6 Å². The van der Waals surface area contributed by atoms with Crippen molar-refractivity contribution >= 4 is 29.2 Å². The Morgan fingerprint density at radius 2 is 1.91 bits per heavy atom. The minimum absolute atomic E-state index is 0.0971. The van der Waals surface area contributed by atoms with Crippen molar-refractivity contribution < 1.29 is 14.5 Å². The number of hydrogen-bond acceptors (Lipinski definition) is 6. The molecule has 1 aliphatic heterocycles. The third kappa shape index (κ3) is 4.44. The predicted octanol–water partition coefficient (Wildman–Crippen LogP) is 2.70. The number of carbonyl (C=O) groups is 1. The molecule has 0 radical (unpaired) electrons. The van der Waals surface area contributed by atoms with E-state index in [9.17, 15) is 14.9 Å². The second-order valence-electron chi connectivity index (χ2n) is 6.19. The van der Waals surface area contributed by atoms with Gasteiger partial charge in [-0.25, -0.2) is 9.78 Å². The average molecular weight is 343 g/mol. The Bertz CT molecular complexity index is 609. The molecule has 0 bridgehead atoms. The molecule has 0 aliphatic carbocycles. The van der Waals surface area contributed by atoms with Gasteiger partial charge in [-0.05, 0) is 26.8 Å². The van der Waals surface area contributed by atoms with Gasteiger partial charge in [0.2, 0.25) is 5.82 Å². The largest absolute Gasteiger partial charge is 0.444 e. The number of amides is 1. The summed E-state index contributed by atoms with van der Waals surface area (Å²) in [7, 11) is 0. The van der Waals surface area contributed by atoms with Gasteiger partial charge in [0.25, 0.3) is 0 Å². The van der Waals surface area contributed by atoms with Crippen LogP contribution < -0.4 is 4.90 Å². The standard InChI is InChI=1S/C14H19ClN4O4/c1-14(2,3)23-13(20)18-8-6-17(7-9-18)12-10(19(21)22)4-5-11(15)16-12/h4-5H,6-9H2,1-3H3. The highest BCUT2D eigenvalue weighted by atomic mass is 35.5. The number of anilines is 1. The Kier molecular flexibility index (Phi) is 4.93. The van der Waals surface area contributed by atoms with E-state index in [0.29, 0.717) is 26.2 Å². The molecule has 0 spiro atoms. The van der Waals surface area contributed by atoms with Crippen LogP contribution in [-0.4, -0.2) is 52.7 Å². The molecular formula is C14H19ClN4O4. The number of hydrogen-bond donors (Lipinski definition) is 0. The fourth-order valence-electron chi connectivity index (χ4n) is 2.22. The van der Waals surface area contributed by atoms with Crippen LogP contribution in [0.4, 0.5) is 16.3 Å². The average Bonchev–Trinajstić information content (AvgIpc) is 2.45. The molecule has 2 heterocycles. The summed E-state index contributed by atoms with van der Waals surface area (Å²) in [5, 5.41) is 11.3. The van der Waals surface area contributed by atoms with Gasteiger partial charge in [0.05, 0.1) is 4.92 Å². The smallest absolute Gasteiger partial charge is 0.410 e. The molecule has 1 aromatic rings. The lowest BCUT2D eigenvalue weighted by molar-refractivity contribution is -0.384. The number of nitrogens with zero attached hydrogens (tertiary/aromatic N) is 4. The Morgan fingerprint density at radius 3 is 2.43 bits per heavy atom. The first-order valence-electron chi connectivity index (χ1n) is 7.21. The number of carbonyl (C=O) groups excluding carboxylic acids is 1. The summed E-state index contributed by atoms with van der Waals surface area (Å²) < 4.78 is 5.32. The first-order valence-corrected chi connectivity index (χ1v) is 7.59. The highest BCUT2D eigenvalue weighted by Crippen LogP contribution is 2.28. The van der Waals surface area contributed by atoms with Gasteiger partial charge in [-0.3, -0.25) is 10.1 Å². The fraction of sp³-hybridized carbons (Fsp3) is 0.571. The molecule has 1 aromatic heterocycles. The lowest BCUT2D eigenvalue weighted by Gasteiger charge is -2.35. The number of pyridine rings is 1. The molecule has 0 unspecified atom stereocenters. The minimum Gasteiger partial charge on any atom is -0.444 e. The van der Waals surface area contributed by atoms with Gasteiger partial charge in [-0.1, -0.05) is 11.6 Å². The Morgan fingerprint density at radius 1 is 1.30 bits per heavy atom. The fourth-order valence-corrected chi connectivity index (χ4v) is 2.36. The third-order valence-electron chi connectivity index (χ3n) is 3.25. The normalized spacial score (nSPS) is 15.5. The molecular weight excluding hydrogens is 324 g/mol. The SMILES string of the molecule is CC(C)(C)OC(=O)N1CCN(c2nc(Cl)ccc2[N+](=O)[O-])CC1. The van der Waals surface area contributed by atoms with Crippen molar-refractivity contribution in [2.24, 2.45) is 0 Å². The molecule has 9 heteroatoms. The molecule has 1 aliphatic rings. The van der Waals surface area contributed by atoms with Crippen LogP contribution in [0, 0.1) is 10.1 Å². The van der Waals surface area contributed by atoms with Gasteiger partial charge in [0, 0.05) is 32.2 Å². The van der Waals surface area contributed by atoms with E-state index in [-0.39, 0.29) is 22.8 Å². The van der Waals surface area contributed by atoms with E-state index in [2.05, 4.69) is 4.98 Å². The molecule has 0 saturated carbocycles. The number of piperazine rings is 1. The zero-order valence-electron chi connectivity index (χ0n) is 13.3. The van der Waals surface area contributed by atoms with Gasteiger partial charge in [-0.2, -0.15) is 0 Å². The number of ether oxygens (including phenoxy) is 1. The highest BCUT2D eigenvalue weighted by Gasteiger charge is 2.29. The van der Waals surface area contributed by atoms with Crippen molar-refractivity contribution in [2.75, 3.05) is 31.1 Å². The Labute approximate surface area is 139 Å². The first kappa shape index (κ1) is 17.3. The van der Waals surface area contributed by atoms with E-state index >= 15 is 0 Å². The number of halogens is 1. The van der Waals surface area contributed by atoms with Crippen molar-refractivity contribution in [1.82, 2.24) is 9.88 Å². The molecule has 126 valence electrons. The van der Waals surface area contributed by atoms with Gasteiger partial charge >= 0.3 is 11.8 Å². The minimum atomic E-state index is -0.554. The summed E-state index contributed by atoms with van der Waals surface area (Å²) in [6.07, 6.45) is -0.384. The first-order chi connectivity index (χ1) is 10.7. The summed E-state index contributed by atoms with van der Waals surface area (Å²) in [5.74, 6) is 0.228. The molecule has 2 rings (SSSR count). The van der Waals surface area contributed by atoms with E-state index < -0.39 is 10.5 Å². The van der Waals surface area contributed by atoms with Crippen molar-refractivity contribution in [1.29, 1.82) is 0 Å². The van der Waals surface area contributed by atoms with Crippen LogP contribution in [0.3, 0.4) is 0 Å². The van der Waals surface area contributed by atoms with Crippen molar-refractivity contribution in [2.45, 2.75) is 26.4 Å². The van der Waals surface area contributed by atoms with Crippen molar-refractivity contribution in [3.63, 3.8) is 0 Å². The molecule has 1 amide bonds. The van der Waals surface area contributed by atoms with Gasteiger partial charge in [-0.15, -0.1) is 0 Å². The van der Waals surface area contributed by atoms with Crippen molar-refractivity contribution in [3.8, 4) is 0 Å². The van der Waals surface area contributed by atoms with Crippen LogP contribution in [0.2, 0.25) is 5.15 Å². The van der Waals surface area contributed by atoms with Crippen LogP contribution in [-0.2, 0) is 4.74 Å². The second kappa shape index (κ2) is 6.57. The van der Waals surface area contributed by atoms with Crippen LogP contribution in [0.15, 0.2) is 12.1 Å². The van der Waals surface area contributed by atoms with Gasteiger partial charge in [0.1, 0.15) is 10.8 Å². The number of rotatable bonds is 2. The van der Waals surface area contributed by atoms with Crippen LogP contribution >= 0.6 is 11.6 Å². The Balaban J connectivity index is 2.06. The summed E-state index contributed by atoms with van der Waals surface area (Å²) >= 11 is 5.85.